The van der Waals surface area contributed by atoms with Gasteiger partial charge in [-0.15, -0.1) is 0 Å². The van der Waals surface area contributed by atoms with Crippen LogP contribution in [0.1, 0.15) is 6.42 Å². The first kappa shape index (κ1) is 13.6. The van der Waals surface area contributed by atoms with Crippen molar-refractivity contribution in [2.75, 3.05) is 11.4 Å². The van der Waals surface area contributed by atoms with Gasteiger partial charge in [0.15, 0.2) is 0 Å². The smallest absolute Gasteiger partial charge is 0.139 e. The van der Waals surface area contributed by atoms with Crippen molar-refractivity contribution in [1.82, 2.24) is 0 Å². The molecule has 96 valence electrons. The van der Waals surface area contributed by atoms with E-state index in [0.29, 0.717) is 17.4 Å². The van der Waals surface area contributed by atoms with Crippen LogP contribution in [0.5, 0.6) is 0 Å². The van der Waals surface area contributed by atoms with Gasteiger partial charge < -0.3 is 4.90 Å². The number of hydrogen-bond acceptors (Lipinski definition) is 2. The summed E-state index contributed by atoms with van der Waals surface area (Å²) < 4.78 is 14.1. The second kappa shape index (κ2) is 6.35. The third-order valence-corrected chi connectivity index (χ3v) is 3.37. The minimum atomic E-state index is -0.310. The molecule has 0 amide bonds. The predicted molar refractivity (Wildman–Crippen MR) is 77.8 cm³/mol. The fourth-order valence-corrected chi connectivity index (χ4v) is 2.08. The molecule has 0 aromatic heterocycles. The predicted octanol–water partition coefficient (Wildman–Crippen LogP) is 4.64. The zero-order valence-corrected chi connectivity index (χ0v) is 11.8. The van der Waals surface area contributed by atoms with Crippen molar-refractivity contribution in [3.05, 3.63) is 58.8 Å². The molecule has 0 N–H and O–H groups in total. The SMILES string of the molecule is N#CCCN(c1ccccc1)c1ccc(Br)c(F)c1. The summed E-state index contributed by atoms with van der Waals surface area (Å²) in [6, 6.07) is 16.7. The largest absolute Gasteiger partial charge is 0.340 e. The van der Waals surface area contributed by atoms with Gasteiger partial charge in [0.25, 0.3) is 0 Å². The molecule has 0 spiro atoms. The van der Waals surface area contributed by atoms with E-state index < -0.39 is 0 Å². The number of para-hydroxylation sites is 1. The average Bonchev–Trinajstić information content (AvgIpc) is 2.44. The average molecular weight is 319 g/mol. The van der Waals surface area contributed by atoms with Crippen molar-refractivity contribution in [2.24, 2.45) is 0 Å². The number of benzene rings is 2. The molecule has 0 saturated carbocycles. The van der Waals surface area contributed by atoms with Crippen LogP contribution in [0.4, 0.5) is 15.8 Å². The molecule has 4 heteroatoms. The fraction of sp³-hybridized carbons (Fsp3) is 0.133. The van der Waals surface area contributed by atoms with Crippen molar-refractivity contribution in [2.45, 2.75) is 6.42 Å². The summed E-state index contributed by atoms with van der Waals surface area (Å²) in [5, 5.41) is 8.75. The molecule has 2 nitrogen and oxygen atoms in total. The van der Waals surface area contributed by atoms with Gasteiger partial charge in [0.2, 0.25) is 0 Å². The fourth-order valence-electron chi connectivity index (χ4n) is 1.83. The lowest BCUT2D eigenvalue weighted by Gasteiger charge is -2.24. The van der Waals surface area contributed by atoms with Gasteiger partial charge in [-0.25, -0.2) is 4.39 Å². The number of nitrogens with zero attached hydrogens (tertiary/aromatic N) is 2. The molecule has 2 aromatic rings. The zero-order valence-electron chi connectivity index (χ0n) is 10.2. The third-order valence-electron chi connectivity index (χ3n) is 2.73. The minimum absolute atomic E-state index is 0.310. The van der Waals surface area contributed by atoms with E-state index >= 15 is 0 Å². The second-order valence-corrected chi connectivity index (χ2v) is 4.85. The van der Waals surface area contributed by atoms with Crippen LogP contribution >= 0.6 is 15.9 Å². The van der Waals surface area contributed by atoms with E-state index in [1.807, 2.05) is 41.3 Å². The van der Waals surface area contributed by atoms with Crippen LogP contribution in [0.3, 0.4) is 0 Å². The number of anilines is 2. The van der Waals surface area contributed by atoms with Crippen molar-refractivity contribution in [3.8, 4) is 6.07 Å². The molecule has 0 aliphatic rings. The number of nitriles is 1. The quantitative estimate of drug-likeness (QED) is 0.821. The highest BCUT2D eigenvalue weighted by atomic mass is 79.9. The summed E-state index contributed by atoms with van der Waals surface area (Å²) in [5.41, 5.74) is 1.68. The maximum atomic E-state index is 13.6. The summed E-state index contributed by atoms with van der Waals surface area (Å²) in [6.45, 7) is 0.529. The first-order valence-corrected chi connectivity index (χ1v) is 6.66. The van der Waals surface area contributed by atoms with Gasteiger partial charge in [-0.2, -0.15) is 5.26 Å². The van der Waals surface area contributed by atoms with Gasteiger partial charge in [0.1, 0.15) is 5.82 Å². The van der Waals surface area contributed by atoms with Gasteiger partial charge in [-0.1, -0.05) is 18.2 Å². The Morgan fingerprint density at radius 2 is 1.84 bits per heavy atom. The van der Waals surface area contributed by atoms with Crippen LogP contribution in [-0.4, -0.2) is 6.54 Å². The summed E-state index contributed by atoms with van der Waals surface area (Å²) >= 11 is 3.14. The lowest BCUT2D eigenvalue weighted by molar-refractivity contribution is 0.621. The first-order chi connectivity index (χ1) is 9.22. The summed E-state index contributed by atoms with van der Waals surface area (Å²) in [4.78, 5) is 1.93. The minimum Gasteiger partial charge on any atom is -0.340 e. The van der Waals surface area contributed by atoms with E-state index in [9.17, 15) is 4.39 Å². The van der Waals surface area contributed by atoms with Gasteiger partial charge in [-0.3, -0.25) is 0 Å². The molecule has 0 bridgehead atoms. The lowest BCUT2D eigenvalue weighted by atomic mass is 10.2. The van der Waals surface area contributed by atoms with Crippen LogP contribution in [0.15, 0.2) is 53.0 Å². The van der Waals surface area contributed by atoms with Crippen LogP contribution in [0.2, 0.25) is 0 Å². The Morgan fingerprint density at radius 3 is 2.47 bits per heavy atom. The van der Waals surface area contributed by atoms with E-state index in [4.69, 9.17) is 5.26 Å². The maximum Gasteiger partial charge on any atom is 0.139 e. The van der Waals surface area contributed by atoms with Crippen LogP contribution in [0, 0.1) is 17.1 Å². The van der Waals surface area contributed by atoms with Crippen molar-refractivity contribution in [1.29, 1.82) is 5.26 Å². The van der Waals surface area contributed by atoms with Gasteiger partial charge >= 0.3 is 0 Å². The third kappa shape index (κ3) is 3.33. The standard InChI is InChI=1S/C15H12BrFN2/c16-14-8-7-13(11-15(14)17)19(10-4-9-18)12-5-2-1-3-6-12/h1-3,5-8,11H,4,10H2. The van der Waals surface area contributed by atoms with E-state index in [1.165, 1.54) is 6.07 Å². The summed E-state index contributed by atoms with van der Waals surface area (Å²) in [5.74, 6) is -0.310. The molecule has 0 radical (unpaired) electrons. The molecule has 0 aliphatic heterocycles. The Balaban J connectivity index is 2.37. The van der Waals surface area contributed by atoms with E-state index in [1.54, 1.807) is 6.07 Å². The molecule has 0 heterocycles. The van der Waals surface area contributed by atoms with Crippen LogP contribution in [-0.2, 0) is 0 Å². The number of rotatable bonds is 4. The maximum absolute atomic E-state index is 13.6. The van der Waals surface area contributed by atoms with Gasteiger partial charge in [-0.05, 0) is 46.3 Å². The van der Waals surface area contributed by atoms with Crippen LogP contribution in [0.25, 0.3) is 0 Å². The summed E-state index contributed by atoms with van der Waals surface area (Å²) in [7, 11) is 0. The molecule has 0 saturated heterocycles. The lowest BCUT2D eigenvalue weighted by Crippen LogP contribution is -2.18. The Morgan fingerprint density at radius 1 is 1.11 bits per heavy atom. The van der Waals surface area contributed by atoms with E-state index in [-0.39, 0.29) is 5.82 Å². The summed E-state index contributed by atoms with van der Waals surface area (Å²) in [6.07, 6.45) is 0.382. The highest BCUT2D eigenvalue weighted by Crippen LogP contribution is 2.28. The topological polar surface area (TPSA) is 27.0 Å². The Bertz CT molecular complexity index is 593. The number of hydrogen-bond donors (Lipinski definition) is 0. The second-order valence-electron chi connectivity index (χ2n) is 3.99. The van der Waals surface area contributed by atoms with Gasteiger partial charge in [0.05, 0.1) is 17.0 Å². The van der Waals surface area contributed by atoms with Crippen LogP contribution < -0.4 is 4.90 Å². The number of halogens is 2. The Hall–Kier alpha value is -1.86. The highest BCUT2D eigenvalue weighted by Gasteiger charge is 2.10. The Labute approximate surface area is 120 Å². The van der Waals surface area contributed by atoms with Crippen molar-refractivity contribution >= 4 is 27.3 Å². The van der Waals surface area contributed by atoms with Gasteiger partial charge in [0, 0.05) is 17.9 Å². The molecular weight excluding hydrogens is 307 g/mol. The van der Waals surface area contributed by atoms with E-state index in [2.05, 4.69) is 22.0 Å². The molecule has 2 aromatic carbocycles. The molecule has 2 rings (SSSR count). The van der Waals surface area contributed by atoms with Crippen molar-refractivity contribution in [3.63, 3.8) is 0 Å². The highest BCUT2D eigenvalue weighted by molar-refractivity contribution is 9.10. The molecule has 0 unspecified atom stereocenters. The zero-order chi connectivity index (χ0) is 13.7. The molecule has 0 fully saturated rings. The van der Waals surface area contributed by atoms with E-state index in [0.717, 1.165) is 11.4 Å². The Kier molecular flexibility index (Phi) is 4.53. The molecule has 19 heavy (non-hydrogen) atoms. The first-order valence-electron chi connectivity index (χ1n) is 5.87. The molecule has 0 atom stereocenters. The normalized spacial score (nSPS) is 9.95. The monoisotopic (exact) mass is 318 g/mol. The molecular formula is C15H12BrFN2. The molecule has 0 aliphatic carbocycles. The van der Waals surface area contributed by atoms with Crippen molar-refractivity contribution < 1.29 is 4.39 Å².